The number of likely N-dealkylation sites (tertiary alicyclic amines) is 1. The van der Waals surface area contributed by atoms with Gasteiger partial charge < -0.3 is 4.90 Å². The molecule has 0 aliphatic carbocycles. The standard InChI is InChI=1S/C19H24N2O2/c1-3-11-21-18(22)16(15-7-5-4-6-8-15)17(19(21)23)20-12-9-14(2)10-13-20/h4-8,14H,3,9-13H2,1-2H3. The fourth-order valence-electron chi connectivity index (χ4n) is 3.38. The van der Waals surface area contributed by atoms with Crippen LogP contribution < -0.4 is 0 Å². The molecule has 0 unspecified atom stereocenters. The van der Waals surface area contributed by atoms with Gasteiger partial charge in [-0.1, -0.05) is 44.2 Å². The molecule has 23 heavy (non-hydrogen) atoms. The Balaban J connectivity index is 2.02. The molecule has 2 heterocycles. The number of rotatable bonds is 4. The number of nitrogens with zero attached hydrogens (tertiary/aromatic N) is 2. The summed E-state index contributed by atoms with van der Waals surface area (Å²) in [7, 11) is 0. The zero-order valence-corrected chi connectivity index (χ0v) is 13.9. The van der Waals surface area contributed by atoms with Crippen LogP contribution in [0.5, 0.6) is 0 Å². The van der Waals surface area contributed by atoms with Gasteiger partial charge in [0.1, 0.15) is 5.70 Å². The Hall–Kier alpha value is -2.10. The minimum absolute atomic E-state index is 0.120. The van der Waals surface area contributed by atoms with Crippen LogP contribution in [-0.2, 0) is 9.59 Å². The van der Waals surface area contributed by atoms with Gasteiger partial charge in [0, 0.05) is 19.6 Å². The SMILES string of the molecule is CCCN1C(=O)C(c2ccccc2)=C(N2CCC(C)CC2)C1=O. The second-order valence-corrected chi connectivity index (χ2v) is 6.52. The summed E-state index contributed by atoms with van der Waals surface area (Å²) in [6.07, 6.45) is 2.92. The Bertz CT molecular complexity index is 628. The number of hydrogen-bond acceptors (Lipinski definition) is 3. The van der Waals surface area contributed by atoms with E-state index in [9.17, 15) is 9.59 Å². The Morgan fingerprint density at radius 2 is 1.70 bits per heavy atom. The normalized spacial score (nSPS) is 19.9. The van der Waals surface area contributed by atoms with Crippen LogP contribution in [0.25, 0.3) is 5.57 Å². The highest BCUT2D eigenvalue weighted by Gasteiger charge is 2.41. The van der Waals surface area contributed by atoms with E-state index in [0.717, 1.165) is 37.9 Å². The van der Waals surface area contributed by atoms with E-state index in [1.807, 2.05) is 37.3 Å². The molecule has 3 rings (SSSR count). The quantitative estimate of drug-likeness (QED) is 0.803. The van der Waals surface area contributed by atoms with Gasteiger partial charge in [-0.2, -0.15) is 0 Å². The van der Waals surface area contributed by atoms with Gasteiger partial charge in [0.2, 0.25) is 0 Å². The third-order valence-corrected chi connectivity index (χ3v) is 4.75. The Morgan fingerprint density at radius 1 is 1.04 bits per heavy atom. The maximum absolute atomic E-state index is 12.9. The van der Waals surface area contributed by atoms with Crippen molar-refractivity contribution in [3.05, 3.63) is 41.6 Å². The molecule has 122 valence electrons. The molecule has 4 nitrogen and oxygen atoms in total. The average molecular weight is 312 g/mol. The molecule has 0 radical (unpaired) electrons. The predicted octanol–water partition coefficient (Wildman–Crippen LogP) is 2.91. The predicted molar refractivity (Wildman–Crippen MR) is 90.3 cm³/mol. The number of imide groups is 1. The summed E-state index contributed by atoms with van der Waals surface area (Å²) in [6.45, 7) is 6.43. The lowest BCUT2D eigenvalue weighted by Gasteiger charge is -2.32. The Labute approximate surface area is 137 Å². The van der Waals surface area contributed by atoms with Crippen molar-refractivity contribution in [2.75, 3.05) is 19.6 Å². The molecule has 0 aromatic heterocycles. The zero-order chi connectivity index (χ0) is 16.4. The van der Waals surface area contributed by atoms with E-state index >= 15 is 0 Å². The molecule has 2 aliphatic heterocycles. The van der Waals surface area contributed by atoms with Gasteiger partial charge in [0.05, 0.1) is 5.57 Å². The van der Waals surface area contributed by atoms with E-state index in [2.05, 4.69) is 11.8 Å². The van der Waals surface area contributed by atoms with Gasteiger partial charge in [-0.25, -0.2) is 0 Å². The lowest BCUT2D eigenvalue weighted by molar-refractivity contribution is -0.137. The smallest absolute Gasteiger partial charge is 0.277 e. The maximum atomic E-state index is 12.9. The molecule has 2 amide bonds. The number of carbonyl (C=O) groups excluding carboxylic acids is 2. The van der Waals surface area contributed by atoms with Crippen LogP contribution in [0.2, 0.25) is 0 Å². The van der Waals surface area contributed by atoms with E-state index in [1.165, 1.54) is 4.90 Å². The van der Waals surface area contributed by atoms with Crippen molar-refractivity contribution in [1.82, 2.24) is 9.80 Å². The van der Waals surface area contributed by atoms with Crippen LogP contribution in [0, 0.1) is 5.92 Å². The van der Waals surface area contributed by atoms with Crippen molar-refractivity contribution in [2.24, 2.45) is 5.92 Å². The summed E-state index contributed by atoms with van der Waals surface area (Å²) < 4.78 is 0. The van der Waals surface area contributed by atoms with Crippen LogP contribution in [0.1, 0.15) is 38.7 Å². The summed E-state index contributed by atoms with van der Waals surface area (Å²) in [5.41, 5.74) is 2.04. The van der Waals surface area contributed by atoms with E-state index in [0.29, 0.717) is 23.7 Å². The zero-order valence-electron chi connectivity index (χ0n) is 13.9. The van der Waals surface area contributed by atoms with Gasteiger partial charge in [-0.15, -0.1) is 0 Å². The summed E-state index contributed by atoms with van der Waals surface area (Å²) >= 11 is 0. The van der Waals surface area contributed by atoms with Gasteiger partial charge in [-0.05, 0) is 30.7 Å². The van der Waals surface area contributed by atoms with E-state index in [-0.39, 0.29) is 11.8 Å². The summed E-state index contributed by atoms with van der Waals surface area (Å²) in [5.74, 6) is 0.424. The molecule has 0 spiro atoms. The van der Waals surface area contributed by atoms with Gasteiger partial charge >= 0.3 is 0 Å². The molecule has 1 aromatic rings. The summed E-state index contributed by atoms with van der Waals surface area (Å²) in [5, 5.41) is 0. The van der Waals surface area contributed by atoms with Crippen molar-refractivity contribution in [1.29, 1.82) is 0 Å². The van der Waals surface area contributed by atoms with Crippen LogP contribution in [-0.4, -0.2) is 41.2 Å². The molecule has 2 aliphatic rings. The van der Waals surface area contributed by atoms with Gasteiger partial charge in [0.15, 0.2) is 0 Å². The number of amides is 2. The first-order chi connectivity index (χ1) is 11.1. The number of hydrogen-bond donors (Lipinski definition) is 0. The molecular formula is C19H24N2O2. The molecule has 4 heteroatoms. The molecule has 1 fully saturated rings. The van der Waals surface area contributed by atoms with E-state index < -0.39 is 0 Å². The first-order valence-corrected chi connectivity index (χ1v) is 8.54. The Morgan fingerprint density at radius 3 is 2.30 bits per heavy atom. The second-order valence-electron chi connectivity index (χ2n) is 6.52. The Kier molecular flexibility index (Phi) is 4.51. The maximum Gasteiger partial charge on any atom is 0.277 e. The highest BCUT2D eigenvalue weighted by molar-refractivity contribution is 6.35. The molecule has 0 bridgehead atoms. The summed E-state index contributed by atoms with van der Waals surface area (Å²) in [4.78, 5) is 29.3. The van der Waals surface area contributed by atoms with Gasteiger partial charge in [0.25, 0.3) is 11.8 Å². The molecule has 0 atom stereocenters. The molecule has 1 aromatic carbocycles. The molecular weight excluding hydrogens is 288 g/mol. The van der Waals surface area contributed by atoms with Crippen LogP contribution in [0.3, 0.4) is 0 Å². The molecule has 0 saturated carbocycles. The fraction of sp³-hybridized carbons (Fsp3) is 0.474. The first-order valence-electron chi connectivity index (χ1n) is 8.54. The second kappa shape index (κ2) is 6.57. The number of piperidine rings is 1. The fourth-order valence-corrected chi connectivity index (χ4v) is 3.38. The van der Waals surface area contributed by atoms with Gasteiger partial charge in [-0.3, -0.25) is 14.5 Å². The van der Waals surface area contributed by atoms with Crippen LogP contribution in [0.4, 0.5) is 0 Å². The number of benzene rings is 1. The summed E-state index contributed by atoms with van der Waals surface area (Å²) in [6, 6.07) is 9.60. The van der Waals surface area contributed by atoms with Crippen molar-refractivity contribution in [3.8, 4) is 0 Å². The van der Waals surface area contributed by atoms with Crippen molar-refractivity contribution >= 4 is 17.4 Å². The van der Waals surface area contributed by atoms with E-state index in [1.54, 1.807) is 0 Å². The largest absolute Gasteiger partial charge is 0.366 e. The third kappa shape index (κ3) is 2.90. The van der Waals surface area contributed by atoms with E-state index in [4.69, 9.17) is 0 Å². The van der Waals surface area contributed by atoms with Crippen molar-refractivity contribution < 1.29 is 9.59 Å². The highest BCUT2D eigenvalue weighted by Crippen LogP contribution is 2.33. The molecule has 1 saturated heterocycles. The van der Waals surface area contributed by atoms with Crippen molar-refractivity contribution in [2.45, 2.75) is 33.1 Å². The topological polar surface area (TPSA) is 40.6 Å². The lowest BCUT2D eigenvalue weighted by Crippen LogP contribution is -2.38. The highest BCUT2D eigenvalue weighted by atomic mass is 16.2. The van der Waals surface area contributed by atoms with Crippen LogP contribution in [0.15, 0.2) is 36.0 Å². The monoisotopic (exact) mass is 312 g/mol. The first kappa shape index (κ1) is 15.8. The number of carbonyl (C=O) groups is 2. The minimum Gasteiger partial charge on any atom is -0.366 e. The van der Waals surface area contributed by atoms with Crippen LogP contribution >= 0.6 is 0 Å². The molecule has 0 N–H and O–H groups in total. The third-order valence-electron chi connectivity index (χ3n) is 4.75. The van der Waals surface area contributed by atoms with Crippen molar-refractivity contribution in [3.63, 3.8) is 0 Å². The minimum atomic E-state index is -0.142. The average Bonchev–Trinajstić information content (AvgIpc) is 2.81. The lowest BCUT2D eigenvalue weighted by atomic mass is 9.97.